The number of aldehydes is 1. The molecule has 0 spiro atoms. The van der Waals surface area contributed by atoms with Gasteiger partial charge in [0.15, 0.2) is 6.29 Å². The first-order chi connectivity index (χ1) is 10.5. The Morgan fingerprint density at radius 3 is 2.82 bits per heavy atom. The molecule has 2 heterocycles. The summed E-state index contributed by atoms with van der Waals surface area (Å²) in [6.07, 6.45) is 0.771. The monoisotopic (exact) mass is 320 g/mol. The molecular formula is C13H12N4O4S. The smallest absolute Gasteiger partial charge is 0.264 e. The van der Waals surface area contributed by atoms with Crippen molar-refractivity contribution < 1.29 is 17.4 Å². The minimum atomic E-state index is -3.71. The highest BCUT2D eigenvalue weighted by Crippen LogP contribution is 2.40. The zero-order valence-electron chi connectivity index (χ0n) is 11.6. The maximum atomic E-state index is 11.5. The van der Waals surface area contributed by atoms with Crippen molar-refractivity contribution in [2.45, 2.75) is 18.7 Å². The van der Waals surface area contributed by atoms with E-state index < -0.39 is 22.3 Å². The van der Waals surface area contributed by atoms with Crippen LogP contribution in [0.15, 0.2) is 29.4 Å². The van der Waals surface area contributed by atoms with Crippen molar-refractivity contribution in [2.75, 3.05) is 6.26 Å². The van der Waals surface area contributed by atoms with Crippen molar-refractivity contribution in [1.82, 2.24) is 4.57 Å². The lowest BCUT2D eigenvalue weighted by molar-refractivity contribution is 0.112. The van der Waals surface area contributed by atoms with E-state index in [0.29, 0.717) is 17.5 Å². The van der Waals surface area contributed by atoms with E-state index in [2.05, 4.69) is 10.0 Å². The van der Waals surface area contributed by atoms with Crippen LogP contribution in [0.2, 0.25) is 0 Å². The number of azide groups is 1. The van der Waals surface area contributed by atoms with Gasteiger partial charge in [-0.3, -0.25) is 8.98 Å². The van der Waals surface area contributed by atoms with Gasteiger partial charge in [0.2, 0.25) is 0 Å². The van der Waals surface area contributed by atoms with Gasteiger partial charge in [0, 0.05) is 27.1 Å². The van der Waals surface area contributed by atoms with Gasteiger partial charge in [0.05, 0.1) is 12.8 Å². The van der Waals surface area contributed by atoms with E-state index in [1.165, 1.54) is 0 Å². The second kappa shape index (κ2) is 5.13. The molecule has 9 heteroatoms. The van der Waals surface area contributed by atoms with Gasteiger partial charge < -0.3 is 4.57 Å². The van der Waals surface area contributed by atoms with Crippen LogP contribution in [0.4, 0.5) is 0 Å². The van der Waals surface area contributed by atoms with Gasteiger partial charge >= 0.3 is 0 Å². The lowest BCUT2D eigenvalue weighted by atomic mass is 10.1. The summed E-state index contributed by atoms with van der Waals surface area (Å²) in [7, 11) is -3.71. The molecule has 1 aliphatic heterocycles. The summed E-state index contributed by atoms with van der Waals surface area (Å²) < 4.78 is 29.6. The number of carbonyl (C=O) groups excluding carboxylic acids is 1. The van der Waals surface area contributed by atoms with Crippen LogP contribution < -0.4 is 0 Å². The summed E-state index contributed by atoms with van der Waals surface area (Å²) in [6, 6.07) is 6.37. The van der Waals surface area contributed by atoms with Crippen LogP contribution in [0.25, 0.3) is 21.3 Å². The summed E-state index contributed by atoms with van der Waals surface area (Å²) in [5.74, 6) is 0. The van der Waals surface area contributed by atoms with E-state index >= 15 is 0 Å². The van der Waals surface area contributed by atoms with E-state index in [0.717, 1.165) is 17.2 Å². The highest BCUT2D eigenvalue weighted by molar-refractivity contribution is 7.86. The van der Waals surface area contributed by atoms with Crippen LogP contribution in [-0.4, -0.2) is 31.6 Å². The Morgan fingerprint density at radius 1 is 1.45 bits per heavy atom. The van der Waals surface area contributed by atoms with Crippen molar-refractivity contribution in [1.29, 1.82) is 0 Å². The highest BCUT2D eigenvalue weighted by atomic mass is 32.2. The average Bonchev–Trinajstić information content (AvgIpc) is 2.93. The number of carbonyl (C=O) groups is 1. The number of hydrogen-bond acceptors (Lipinski definition) is 5. The molecule has 114 valence electrons. The molecule has 1 aromatic carbocycles. The molecule has 1 aliphatic rings. The van der Waals surface area contributed by atoms with Gasteiger partial charge in [-0.1, -0.05) is 23.3 Å². The van der Waals surface area contributed by atoms with Crippen LogP contribution in [0.5, 0.6) is 0 Å². The molecule has 2 atom stereocenters. The quantitative estimate of drug-likeness (QED) is 0.282. The molecule has 0 radical (unpaired) electrons. The third kappa shape index (κ3) is 2.25. The van der Waals surface area contributed by atoms with Crippen LogP contribution in [0.3, 0.4) is 0 Å². The normalized spacial score (nSPS) is 20.6. The van der Waals surface area contributed by atoms with Crippen molar-refractivity contribution >= 4 is 27.3 Å². The lowest BCUT2D eigenvalue weighted by Crippen LogP contribution is -2.22. The lowest BCUT2D eigenvalue weighted by Gasteiger charge is -2.14. The SMILES string of the molecule is CS(=O)(=O)O[C@@H]1Cn2c(c(C=O)c3ccccc32)[C@H]1N=[N+]=[N-]. The zero-order valence-corrected chi connectivity index (χ0v) is 12.4. The van der Waals surface area contributed by atoms with Crippen molar-refractivity contribution in [3.05, 3.63) is 46.0 Å². The third-order valence-electron chi connectivity index (χ3n) is 3.64. The molecule has 8 nitrogen and oxygen atoms in total. The summed E-state index contributed by atoms with van der Waals surface area (Å²) in [6.45, 7) is 0.195. The highest BCUT2D eigenvalue weighted by Gasteiger charge is 2.39. The predicted molar refractivity (Wildman–Crippen MR) is 78.9 cm³/mol. The summed E-state index contributed by atoms with van der Waals surface area (Å²) in [5.41, 5.74) is 10.4. The fourth-order valence-electron chi connectivity index (χ4n) is 2.94. The molecule has 0 aliphatic carbocycles. The minimum Gasteiger partial charge on any atom is -0.341 e. The number of nitrogens with zero attached hydrogens (tertiary/aromatic N) is 4. The fourth-order valence-corrected chi connectivity index (χ4v) is 3.55. The number of para-hydroxylation sites is 1. The molecule has 0 bridgehead atoms. The average molecular weight is 320 g/mol. The van der Waals surface area contributed by atoms with Gasteiger partial charge in [0.25, 0.3) is 10.1 Å². The van der Waals surface area contributed by atoms with Gasteiger partial charge in [-0.25, -0.2) is 0 Å². The van der Waals surface area contributed by atoms with Crippen molar-refractivity contribution in [3.63, 3.8) is 0 Å². The topological polar surface area (TPSA) is 114 Å². The molecule has 1 aromatic heterocycles. The molecule has 2 aromatic rings. The molecule has 0 saturated carbocycles. The number of benzene rings is 1. The van der Waals surface area contributed by atoms with E-state index in [1.54, 1.807) is 16.7 Å². The van der Waals surface area contributed by atoms with Gasteiger partial charge in [0.1, 0.15) is 12.1 Å². The molecule has 22 heavy (non-hydrogen) atoms. The minimum absolute atomic E-state index is 0.195. The Kier molecular flexibility index (Phi) is 3.40. The summed E-state index contributed by atoms with van der Waals surface area (Å²) in [4.78, 5) is 14.2. The van der Waals surface area contributed by atoms with Crippen LogP contribution in [0, 0.1) is 0 Å². The Labute approximate surface area is 126 Å². The largest absolute Gasteiger partial charge is 0.341 e. The van der Waals surface area contributed by atoms with Crippen LogP contribution >= 0.6 is 0 Å². The second-order valence-electron chi connectivity index (χ2n) is 5.03. The first-order valence-corrected chi connectivity index (χ1v) is 8.26. The van der Waals surface area contributed by atoms with E-state index in [-0.39, 0.29) is 6.54 Å². The van der Waals surface area contributed by atoms with Gasteiger partial charge in [-0.05, 0) is 11.6 Å². The molecule has 0 fully saturated rings. The maximum absolute atomic E-state index is 11.5. The first-order valence-electron chi connectivity index (χ1n) is 6.45. The maximum Gasteiger partial charge on any atom is 0.264 e. The van der Waals surface area contributed by atoms with Crippen LogP contribution in [-0.2, 0) is 20.8 Å². The van der Waals surface area contributed by atoms with Gasteiger partial charge in [-0.2, -0.15) is 8.42 Å². The molecular weight excluding hydrogens is 308 g/mol. The standard InChI is InChI=1S/C13H12N4O4S/c1-22(19,20)21-11-6-17-10-5-3-2-4-8(10)9(7-18)13(17)12(11)15-16-14/h2-5,7,11-12H,6H2,1H3/t11-,12+/m1/s1. The van der Waals surface area contributed by atoms with Crippen LogP contribution in [0.1, 0.15) is 22.1 Å². The number of fused-ring (bicyclic) bond motifs is 3. The second-order valence-corrected chi connectivity index (χ2v) is 6.63. The predicted octanol–water partition coefficient (Wildman–Crippen LogP) is 2.16. The summed E-state index contributed by atoms with van der Waals surface area (Å²) >= 11 is 0. The Balaban J connectivity index is 2.22. The van der Waals surface area contributed by atoms with E-state index in [9.17, 15) is 13.2 Å². The number of rotatable bonds is 4. The molecule has 0 amide bonds. The number of hydrogen-bond donors (Lipinski definition) is 0. The van der Waals surface area contributed by atoms with Crippen molar-refractivity contribution in [2.24, 2.45) is 5.11 Å². The van der Waals surface area contributed by atoms with E-state index in [4.69, 9.17) is 9.71 Å². The summed E-state index contributed by atoms with van der Waals surface area (Å²) in [5, 5.41) is 4.39. The van der Waals surface area contributed by atoms with E-state index in [1.807, 2.05) is 12.1 Å². The number of aromatic nitrogens is 1. The molecule has 0 N–H and O–H groups in total. The fraction of sp³-hybridized carbons (Fsp3) is 0.308. The first kappa shape index (κ1) is 14.6. The molecule has 0 saturated heterocycles. The molecule has 3 rings (SSSR count). The molecule has 0 unspecified atom stereocenters. The Morgan fingerprint density at radius 2 is 2.18 bits per heavy atom. The zero-order chi connectivity index (χ0) is 15.9. The van der Waals surface area contributed by atoms with Gasteiger partial charge in [-0.15, -0.1) is 0 Å². The van der Waals surface area contributed by atoms with Crippen molar-refractivity contribution in [3.8, 4) is 0 Å². The Hall–Kier alpha value is -2.35. The Bertz CT molecular complexity index is 912. The third-order valence-corrected chi connectivity index (χ3v) is 4.24.